The predicted octanol–water partition coefficient (Wildman–Crippen LogP) is 0.244. The van der Waals surface area contributed by atoms with Crippen molar-refractivity contribution in [3.63, 3.8) is 0 Å². The maximum absolute atomic E-state index is 13.0. The molecule has 0 bridgehead atoms. The Hall–Kier alpha value is -3.51. The van der Waals surface area contributed by atoms with Gasteiger partial charge in [-0.3, -0.25) is 19.3 Å². The highest BCUT2D eigenvalue weighted by Gasteiger charge is 2.37. The van der Waals surface area contributed by atoms with Gasteiger partial charge >= 0.3 is 5.97 Å². The van der Waals surface area contributed by atoms with Crippen LogP contribution >= 0.6 is 0 Å². The van der Waals surface area contributed by atoms with Crippen LogP contribution in [0.2, 0.25) is 0 Å². The van der Waals surface area contributed by atoms with Crippen LogP contribution in [-0.2, 0) is 38.8 Å². The first-order valence-electron chi connectivity index (χ1n) is 11.0. The predicted molar refractivity (Wildman–Crippen MR) is 115 cm³/mol. The molecule has 0 spiro atoms. The second kappa shape index (κ2) is 10.6. The topological polar surface area (TPSA) is 150 Å². The van der Waals surface area contributed by atoms with Gasteiger partial charge in [-0.25, -0.2) is 0 Å². The lowest BCUT2D eigenvalue weighted by Crippen LogP contribution is -2.45. The molecule has 1 unspecified atom stereocenters. The number of morpholine rings is 1. The first-order valence-corrected chi connectivity index (χ1v) is 11.0. The van der Waals surface area contributed by atoms with Gasteiger partial charge in [-0.2, -0.15) is 4.98 Å². The third-order valence-electron chi connectivity index (χ3n) is 5.84. The van der Waals surface area contributed by atoms with Crippen molar-refractivity contribution in [1.82, 2.24) is 19.9 Å². The Kier molecular flexibility index (Phi) is 7.38. The molecule has 2 amide bonds. The minimum Gasteiger partial charge on any atom is -0.483 e. The molecule has 2 aliphatic rings. The number of nitrogens with two attached hydrogens (primary N) is 1. The Bertz CT molecular complexity index is 1050. The van der Waals surface area contributed by atoms with E-state index < -0.39 is 17.9 Å². The maximum Gasteiger partial charge on any atom is 0.305 e. The lowest BCUT2D eigenvalue weighted by molar-refractivity contribution is -0.141. The number of rotatable bonds is 10. The lowest BCUT2D eigenvalue weighted by Gasteiger charge is -2.24. The summed E-state index contributed by atoms with van der Waals surface area (Å²) < 4.78 is 21.2. The minimum atomic E-state index is -0.939. The minimum absolute atomic E-state index is 0.0301. The summed E-state index contributed by atoms with van der Waals surface area (Å²) in [5.74, 6) is -0.166. The van der Waals surface area contributed by atoms with Gasteiger partial charge < -0.3 is 29.4 Å². The zero-order valence-electron chi connectivity index (χ0n) is 18.9. The van der Waals surface area contributed by atoms with Crippen molar-refractivity contribution in [3.8, 4) is 5.75 Å². The van der Waals surface area contributed by atoms with E-state index in [9.17, 15) is 14.4 Å². The van der Waals surface area contributed by atoms with Gasteiger partial charge in [0.2, 0.25) is 5.91 Å². The fourth-order valence-corrected chi connectivity index (χ4v) is 4.03. The van der Waals surface area contributed by atoms with Crippen LogP contribution in [0.4, 0.5) is 0 Å². The molecular weight excluding hydrogens is 446 g/mol. The van der Waals surface area contributed by atoms with E-state index in [4.69, 9.17) is 19.7 Å². The molecule has 2 aromatic rings. The van der Waals surface area contributed by atoms with Gasteiger partial charge in [0, 0.05) is 30.6 Å². The molecule has 34 heavy (non-hydrogen) atoms. The quantitative estimate of drug-likeness (QED) is 0.475. The van der Waals surface area contributed by atoms with Gasteiger partial charge in [0.15, 0.2) is 12.4 Å². The molecule has 0 saturated carbocycles. The largest absolute Gasteiger partial charge is 0.483 e. The van der Waals surface area contributed by atoms with E-state index in [0.29, 0.717) is 48.4 Å². The van der Waals surface area contributed by atoms with E-state index >= 15 is 0 Å². The summed E-state index contributed by atoms with van der Waals surface area (Å²) in [5.41, 5.74) is 6.58. The van der Waals surface area contributed by atoms with Crippen LogP contribution in [0.25, 0.3) is 0 Å². The Labute approximate surface area is 195 Å². The van der Waals surface area contributed by atoms with Crippen LogP contribution < -0.4 is 10.5 Å². The molecule has 2 aliphatic heterocycles. The Morgan fingerprint density at radius 1 is 1.26 bits per heavy atom. The maximum atomic E-state index is 13.0. The van der Waals surface area contributed by atoms with Crippen LogP contribution in [-0.4, -0.2) is 77.2 Å². The number of fused-ring (bicyclic) bond motifs is 1. The fraction of sp³-hybridized carbons (Fsp3) is 0.500. The number of benzene rings is 1. The second-order valence-corrected chi connectivity index (χ2v) is 8.03. The van der Waals surface area contributed by atoms with Crippen LogP contribution in [0.3, 0.4) is 0 Å². The monoisotopic (exact) mass is 473 g/mol. The summed E-state index contributed by atoms with van der Waals surface area (Å²) in [7, 11) is 1.26. The van der Waals surface area contributed by atoms with Crippen molar-refractivity contribution in [2.45, 2.75) is 38.6 Å². The normalized spacial score (nSPS) is 16.9. The Balaban J connectivity index is 1.40. The standard InChI is InChI=1S/C22H27N5O7/c1-31-20(28)6-5-16(21(23)29)27-11-15-14(22(27)30)3-2-4-17(15)33-13-19-24-18(25-34-19)12-26-7-9-32-10-8-26/h2-4,16H,5-13H2,1H3,(H2,23,29). The smallest absolute Gasteiger partial charge is 0.305 e. The van der Waals surface area contributed by atoms with E-state index in [1.807, 2.05) is 0 Å². The first kappa shape index (κ1) is 23.6. The van der Waals surface area contributed by atoms with E-state index in [1.165, 1.54) is 12.0 Å². The zero-order valence-corrected chi connectivity index (χ0v) is 18.9. The average molecular weight is 473 g/mol. The molecule has 0 radical (unpaired) electrons. The van der Waals surface area contributed by atoms with Crippen LogP contribution in [0.5, 0.6) is 5.75 Å². The summed E-state index contributed by atoms with van der Waals surface area (Å²) in [5, 5.41) is 4.00. The van der Waals surface area contributed by atoms with Crippen molar-refractivity contribution in [2.24, 2.45) is 5.73 Å². The SMILES string of the molecule is COC(=O)CCC(C(N)=O)N1Cc2c(OCc3nc(CN4CCOCC4)no3)cccc2C1=O. The van der Waals surface area contributed by atoms with E-state index in [-0.39, 0.29) is 31.9 Å². The number of esters is 1. The molecule has 182 valence electrons. The van der Waals surface area contributed by atoms with E-state index in [2.05, 4.69) is 19.8 Å². The van der Waals surface area contributed by atoms with Crippen molar-refractivity contribution in [1.29, 1.82) is 0 Å². The van der Waals surface area contributed by atoms with Gasteiger partial charge in [0.25, 0.3) is 11.8 Å². The zero-order chi connectivity index (χ0) is 24.1. The highest BCUT2D eigenvalue weighted by Crippen LogP contribution is 2.33. The molecular formula is C22H27N5O7. The van der Waals surface area contributed by atoms with Gasteiger partial charge in [-0.05, 0) is 18.6 Å². The molecule has 4 rings (SSSR count). The molecule has 1 saturated heterocycles. The number of carbonyl (C=O) groups is 3. The number of methoxy groups -OCH3 is 1. The fourth-order valence-electron chi connectivity index (χ4n) is 4.03. The van der Waals surface area contributed by atoms with Crippen molar-refractivity contribution >= 4 is 17.8 Å². The highest BCUT2D eigenvalue weighted by molar-refractivity contribution is 6.01. The summed E-state index contributed by atoms with van der Waals surface area (Å²) in [6.07, 6.45) is 0.0450. The number of aromatic nitrogens is 2. The molecule has 1 fully saturated rings. The van der Waals surface area contributed by atoms with E-state index in [0.717, 1.165) is 13.1 Å². The molecule has 1 atom stereocenters. The van der Waals surface area contributed by atoms with Crippen LogP contribution in [0.15, 0.2) is 22.7 Å². The molecule has 2 N–H and O–H groups in total. The number of nitrogens with zero attached hydrogens (tertiary/aromatic N) is 4. The van der Waals surface area contributed by atoms with Gasteiger partial charge in [0.1, 0.15) is 11.8 Å². The first-order chi connectivity index (χ1) is 16.5. The van der Waals surface area contributed by atoms with Crippen molar-refractivity contribution in [2.75, 3.05) is 33.4 Å². The number of hydrogen-bond acceptors (Lipinski definition) is 10. The molecule has 1 aromatic heterocycles. The number of amides is 2. The average Bonchev–Trinajstić information content (AvgIpc) is 3.42. The second-order valence-electron chi connectivity index (χ2n) is 8.03. The third-order valence-corrected chi connectivity index (χ3v) is 5.84. The Morgan fingerprint density at radius 3 is 2.79 bits per heavy atom. The van der Waals surface area contributed by atoms with Crippen LogP contribution in [0, 0.1) is 0 Å². The highest BCUT2D eigenvalue weighted by atomic mass is 16.5. The van der Waals surface area contributed by atoms with Gasteiger partial charge in [-0.1, -0.05) is 11.2 Å². The summed E-state index contributed by atoms with van der Waals surface area (Å²) in [4.78, 5) is 44.4. The summed E-state index contributed by atoms with van der Waals surface area (Å²) in [6.45, 7) is 3.72. The van der Waals surface area contributed by atoms with Crippen molar-refractivity contribution < 1.29 is 33.1 Å². The summed E-state index contributed by atoms with van der Waals surface area (Å²) in [6, 6.07) is 4.15. The van der Waals surface area contributed by atoms with E-state index in [1.54, 1.807) is 18.2 Å². The molecule has 1 aromatic carbocycles. The number of primary amides is 1. The third kappa shape index (κ3) is 5.34. The molecule has 12 heteroatoms. The molecule has 0 aliphatic carbocycles. The lowest BCUT2D eigenvalue weighted by atomic mass is 10.1. The summed E-state index contributed by atoms with van der Waals surface area (Å²) >= 11 is 0. The number of hydrogen-bond donors (Lipinski definition) is 1. The van der Waals surface area contributed by atoms with Crippen LogP contribution in [0.1, 0.15) is 40.5 Å². The Morgan fingerprint density at radius 2 is 2.06 bits per heavy atom. The number of carbonyl (C=O) groups excluding carboxylic acids is 3. The number of ether oxygens (including phenoxy) is 3. The van der Waals surface area contributed by atoms with Gasteiger partial charge in [-0.15, -0.1) is 0 Å². The van der Waals surface area contributed by atoms with Crippen molar-refractivity contribution in [3.05, 3.63) is 41.0 Å². The molecule has 3 heterocycles. The molecule has 12 nitrogen and oxygen atoms in total. The van der Waals surface area contributed by atoms with Gasteiger partial charge in [0.05, 0.1) is 33.4 Å².